The van der Waals surface area contributed by atoms with Crippen LogP contribution in [0.4, 0.5) is 10.5 Å². The summed E-state index contributed by atoms with van der Waals surface area (Å²) in [5.41, 5.74) is 1.66. The van der Waals surface area contributed by atoms with Crippen LogP contribution >= 0.6 is 0 Å². The molecule has 0 bridgehead atoms. The lowest BCUT2D eigenvalue weighted by atomic mass is 10.2. The highest BCUT2D eigenvalue weighted by Gasteiger charge is 2.02. The molecule has 0 aromatic heterocycles. The van der Waals surface area contributed by atoms with Gasteiger partial charge < -0.3 is 10.2 Å². The van der Waals surface area contributed by atoms with Crippen LogP contribution in [0.3, 0.4) is 0 Å². The van der Waals surface area contributed by atoms with Crippen molar-refractivity contribution in [3.8, 4) is 0 Å². The van der Waals surface area contributed by atoms with Crippen molar-refractivity contribution in [3.05, 3.63) is 36.8 Å². The van der Waals surface area contributed by atoms with Crippen LogP contribution in [0.5, 0.6) is 0 Å². The molecule has 3 nitrogen and oxygen atoms in total. The van der Waals surface area contributed by atoms with Crippen molar-refractivity contribution in [1.29, 1.82) is 0 Å². The summed E-state index contributed by atoms with van der Waals surface area (Å²) in [7, 11) is 3.40. The monoisotopic (exact) mass is 177 g/mol. The smallest absolute Gasteiger partial charge is 0.321 e. The van der Waals surface area contributed by atoms with Crippen LogP contribution in [0.15, 0.2) is 24.3 Å². The van der Waals surface area contributed by atoms with Crippen LogP contribution < -0.4 is 5.32 Å². The van der Waals surface area contributed by atoms with Gasteiger partial charge in [-0.05, 0) is 24.6 Å². The van der Waals surface area contributed by atoms with E-state index < -0.39 is 0 Å². The second-order valence-corrected chi connectivity index (χ2v) is 3.02. The van der Waals surface area contributed by atoms with Crippen molar-refractivity contribution >= 4 is 11.7 Å². The molecule has 1 aromatic carbocycles. The predicted octanol–water partition coefficient (Wildman–Crippen LogP) is 1.96. The van der Waals surface area contributed by atoms with Gasteiger partial charge in [0.2, 0.25) is 0 Å². The highest BCUT2D eigenvalue weighted by Crippen LogP contribution is 2.09. The lowest BCUT2D eigenvalue weighted by molar-refractivity contribution is 0.230. The maximum Gasteiger partial charge on any atom is 0.321 e. The van der Waals surface area contributed by atoms with E-state index in [1.807, 2.05) is 24.3 Å². The second-order valence-electron chi connectivity index (χ2n) is 3.02. The zero-order valence-electron chi connectivity index (χ0n) is 7.87. The van der Waals surface area contributed by atoms with Gasteiger partial charge in [-0.2, -0.15) is 0 Å². The third-order valence-corrected chi connectivity index (χ3v) is 1.58. The van der Waals surface area contributed by atoms with Gasteiger partial charge in [-0.25, -0.2) is 4.79 Å². The van der Waals surface area contributed by atoms with Crippen molar-refractivity contribution in [2.45, 2.75) is 0 Å². The van der Waals surface area contributed by atoms with Crippen LogP contribution in [-0.4, -0.2) is 25.0 Å². The molecule has 1 aromatic rings. The number of hydrogen-bond donors (Lipinski definition) is 1. The van der Waals surface area contributed by atoms with E-state index in [9.17, 15) is 4.79 Å². The van der Waals surface area contributed by atoms with Gasteiger partial charge in [-0.15, -0.1) is 0 Å². The van der Waals surface area contributed by atoms with E-state index in [2.05, 4.69) is 12.2 Å². The largest absolute Gasteiger partial charge is 0.331 e. The summed E-state index contributed by atoms with van der Waals surface area (Å²) in [4.78, 5) is 12.7. The third kappa shape index (κ3) is 2.78. The average Bonchev–Trinajstić information content (AvgIpc) is 2.04. The first-order chi connectivity index (χ1) is 6.09. The Balaban J connectivity index is 2.69. The SMILES string of the molecule is [CH2]c1cccc(NC(=O)N(C)C)c1. The van der Waals surface area contributed by atoms with Crippen molar-refractivity contribution < 1.29 is 4.79 Å². The van der Waals surface area contributed by atoms with Crippen molar-refractivity contribution in [3.63, 3.8) is 0 Å². The molecular weight excluding hydrogens is 164 g/mol. The molecule has 0 aliphatic carbocycles. The van der Waals surface area contributed by atoms with E-state index >= 15 is 0 Å². The number of rotatable bonds is 1. The van der Waals surface area contributed by atoms with E-state index in [1.54, 1.807) is 14.1 Å². The second kappa shape index (κ2) is 3.94. The molecule has 2 amide bonds. The third-order valence-electron chi connectivity index (χ3n) is 1.58. The van der Waals surface area contributed by atoms with Gasteiger partial charge in [-0.1, -0.05) is 12.1 Å². The molecule has 69 valence electrons. The van der Waals surface area contributed by atoms with Crippen LogP contribution in [-0.2, 0) is 0 Å². The fraction of sp³-hybridized carbons (Fsp3) is 0.200. The van der Waals surface area contributed by atoms with Crippen molar-refractivity contribution in [1.82, 2.24) is 4.90 Å². The molecule has 1 radical (unpaired) electrons. The van der Waals surface area contributed by atoms with Crippen LogP contribution in [0, 0.1) is 6.92 Å². The van der Waals surface area contributed by atoms with Crippen molar-refractivity contribution in [2.24, 2.45) is 0 Å². The van der Waals surface area contributed by atoms with Gasteiger partial charge in [0.25, 0.3) is 0 Å². The Kier molecular flexibility index (Phi) is 2.90. The quantitative estimate of drug-likeness (QED) is 0.698. The lowest BCUT2D eigenvalue weighted by Crippen LogP contribution is -2.27. The van der Waals surface area contributed by atoms with E-state index in [-0.39, 0.29) is 6.03 Å². The Morgan fingerprint density at radius 2 is 2.15 bits per heavy atom. The predicted molar refractivity (Wildman–Crippen MR) is 53.6 cm³/mol. The summed E-state index contributed by atoms with van der Waals surface area (Å²) in [5.74, 6) is 0. The summed E-state index contributed by atoms with van der Waals surface area (Å²) in [6.07, 6.45) is 0. The summed E-state index contributed by atoms with van der Waals surface area (Å²) < 4.78 is 0. The zero-order valence-corrected chi connectivity index (χ0v) is 7.87. The Labute approximate surface area is 78.4 Å². The molecule has 0 spiro atoms. The van der Waals surface area contributed by atoms with E-state index in [0.717, 1.165) is 11.3 Å². The Morgan fingerprint density at radius 1 is 1.46 bits per heavy atom. The fourth-order valence-electron chi connectivity index (χ4n) is 0.884. The van der Waals surface area contributed by atoms with E-state index in [0.29, 0.717) is 0 Å². The maximum atomic E-state index is 11.2. The number of anilines is 1. The molecule has 0 heterocycles. The van der Waals surface area contributed by atoms with E-state index in [1.165, 1.54) is 4.90 Å². The van der Waals surface area contributed by atoms with Gasteiger partial charge in [-0.3, -0.25) is 0 Å². The summed E-state index contributed by atoms with van der Waals surface area (Å²) in [6.45, 7) is 3.77. The number of urea groups is 1. The first kappa shape index (κ1) is 9.58. The molecule has 3 heteroatoms. The Hall–Kier alpha value is -1.51. The number of hydrogen-bond acceptors (Lipinski definition) is 1. The Bertz CT molecular complexity index is 308. The fourth-order valence-corrected chi connectivity index (χ4v) is 0.884. The van der Waals surface area contributed by atoms with Crippen LogP contribution in [0.1, 0.15) is 5.56 Å². The van der Waals surface area contributed by atoms with Gasteiger partial charge in [0.05, 0.1) is 0 Å². The number of nitrogens with zero attached hydrogens (tertiary/aromatic N) is 1. The van der Waals surface area contributed by atoms with Crippen LogP contribution in [0.25, 0.3) is 0 Å². The number of amides is 2. The summed E-state index contributed by atoms with van der Waals surface area (Å²) in [6, 6.07) is 7.25. The number of carbonyl (C=O) groups excluding carboxylic acids is 1. The molecule has 0 saturated heterocycles. The molecule has 0 aliphatic heterocycles. The highest BCUT2D eigenvalue weighted by atomic mass is 16.2. The topological polar surface area (TPSA) is 32.3 Å². The minimum atomic E-state index is -0.134. The van der Waals surface area contributed by atoms with Crippen LogP contribution in [0.2, 0.25) is 0 Å². The highest BCUT2D eigenvalue weighted by molar-refractivity contribution is 5.88. The minimum Gasteiger partial charge on any atom is -0.331 e. The summed E-state index contributed by atoms with van der Waals surface area (Å²) in [5, 5.41) is 2.73. The Morgan fingerprint density at radius 3 is 2.69 bits per heavy atom. The van der Waals surface area contributed by atoms with E-state index in [4.69, 9.17) is 0 Å². The van der Waals surface area contributed by atoms with Gasteiger partial charge in [0.15, 0.2) is 0 Å². The van der Waals surface area contributed by atoms with Gasteiger partial charge in [0.1, 0.15) is 0 Å². The van der Waals surface area contributed by atoms with Crippen molar-refractivity contribution in [2.75, 3.05) is 19.4 Å². The number of benzene rings is 1. The molecule has 0 atom stereocenters. The lowest BCUT2D eigenvalue weighted by Gasteiger charge is -2.11. The molecule has 1 N–H and O–H groups in total. The molecular formula is C10H13N2O. The molecule has 0 saturated carbocycles. The number of nitrogens with one attached hydrogen (secondary N) is 1. The first-order valence-corrected chi connectivity index (χ1v) is 4.00. The summed E-state index contributed by atoms with van der Waals surface area (Å²) >= 11 is 0. The molecule has 1 rings (SSSR count). The average molecular weight is 177 g/mol. The first-order valence-electron chi connectivity index (χ1n) is 4.00. The maximum absolute atomic E-state index is 11.2. The molecule has 13 heavy (non-hydrogen) atoms. The zero-order chi connectivity index (χ0) is 9.84. The van der Waals surface area contributed by atoms with Gasteiger partial charge in [0, 0.05) is 19.8 Å². The molecule has 0 unspecified atom stereocenters. The molecule has 0 aliphatic rings. The normalized spacial score (nSPS) is 9.46. The van der Waals surface area contributed by atoms with Gasteiger partial charge >= 0.3 is 6.03 Å². The minimum absolute atomic E-state index is 0.134. The molecule has 0 fully saturated rings. The standard InChI is InChI=1S/C10H13N2O/c1-8-5-4-6-9(7-8)11-10(13)12(2)3/h4-7H,1H2,2-3H3,(H,11,13). The number of carbonyl (C=O) groups is 1.